The van der Waals surface area contributed by atoms with Crippen LogP contribution in [0.2, 0.25) is 0 Å². The molecule has 2 rings (SSSR count). The quantitative estimate of drug-likeness (QED) is 0.838. The van der Waals surface area contributed by atoms with Crippen LogP contribution in [-0.4, -0.2) is 31.1 Å². The second-order valence-corrected chi connectivity index (χ2v) is 4.94. The summed E-state index contributed by atoms with van der Waals surface area (Å²) in [6.07, 6.45) is -3.47. The summed E-state index contributed by atoms with van der Waals surface area (Å²) in [6.45, 7) is 1.61. The van der Waals surface area contributed by atoms with Crippen molar-refractivity contribution in [3.63, 3.8) is 0 Å². The molecule has 2 atom stereocenters. The highest BCUT2D eigenvalue weighted by atomic mass is 19.4. The number of hydrogen-bond acceptors (Lipinski definition) is 2. The summed E-state index contributed by atoms with van der Waals surface area (Å²) in [5.74, 6) is -0.0222. The van der Waals surface area contributed by atoms with Crippen molar-refractivity contribution in [2.24, 2.45) is 5.73 Å². The number of likely N-dealkylation sites (N-methyl/N-ethyl adjacent to an activating group) is 1. The largest absolute Gasteiger partial charge is 0.416 e. The van der Waals surface area contributed by atoms with Crippen LogP contribution >= 0.6 is 0 Å². The minimum absolute atomic E-state index is 0.0222. The van der Waals surface area contributed by atoms with Crippen molar-refractivity contribution in [3.05, 3.63) is 35.4 Å². The molecule has 1 aromatic rings. The zero-order valence-electron chi connectivity index (χ0n) is 10.2. The normalized spacial score (nSPS) is 26.3. The first-order valence-corrected chi connectivity index (χ1v) is 5.99. The standard InChI is InChI=1S/C13H17F3N2/c1-18-6-5-12(17)11(8-18)9-3-2-4-10(7-9)13(14,15)16/h2-4,7,11-12H,5-6,8,17H2,1H3. The summed E-state index contributed by atoms with van der Waals surface area (Å²) in [7, 11) is 1.96. The van der Waals surface area contributed by atoms with E-state index < -0.39 is 11.7 Å². The summed E-state index contributed by atoms with van der Waals surface area (Å²) in [6, 6.07) is 5.45. The van der Waals surface area contributed by atoms with E-state index in [2.05, 4.69) is 4.90 Å². The minimum atomic E-state index is -4.29. The van der Waals surface area contributed by atoms with E-state index in [0.29, 0.717) is 12.1 Å². The van der Waals surface area contributed by atoms with Crippen LogP contribution in [-0.2, 0) is 6.18 Å². The van der Waals surface area contributed by atoms with Crippen LogP contribution in [0.15, 0.2) is 24.3 Å². The van der Waals surface area contributed by atoms with Crippen molar-refractivity contribution < 1.29 is 13.2 Å². The molecule has 0 aromatic heterocycles. The van der Waals surface area contributed by atoms with Crippen LogP contribution < -0.4 is 5.73 Å². The van der Waals surface area contributed by atoms with Crippen molar-refractivity contribution in [3.8, 4) is 0 Å². The van der Waals surface area contributed by atoms with Crippen LogP contribution in [0.4, 0.5) is 13.2 Å². The number of halogens is 3. The third-order valence-electron chi connectivity index (χ3n) is 3.51. The summed E-state index contributed by atoms with van der Waals surface area (Å²) in [5.41, 5.74) is 6.11. The summed E-state index contributed by atoms with van der Waals surface area (Å²) in [5, 5.41) is 0. The maximum Gasteiger partial charge on any atom is 0.416 e. The molecule has 0 amide bonds. The fraction of sp³-hybridized carbons (Fsp3) is 0.538. The molecule has 18 heavy (non-hydrogen) atoms. The van der Waals surface area contributed by atoms with Crippen LogP contribution in [0, 0.1) is 0 Å². The molecule has 1 aliphatic heterocycles. The first-order chi connectivity index (χ1) is 8.38. The Morgan fingerprint density at radius 2 is 2.06 bits per heavy atom. The molecule has 1 aliphatic rings. The molecule has 0 saturated carbocycles. The maximum absolute atomic E-state index is 12.7. The number of nitrogens with zero attached hydrogens (tertiary/aromatic N) is 1. The summed E-state index contributed by atoms with van der Waals surface area (Å²) in [4.78, 5) is 2.11. The monoisotopic (exact) mass is 258 g/mol. The first kappa shape index (κ1) is 13.4. The van der Waals surface area contributed by atoms with Gasteiger partial charge in [0.25, 0.3) is 0 Å². The van der Waals surface area contributed by atoms with Gasteiger partial charge in [-0.2, -0.15) is 13.2 Å². The lowest BCUT2D eigenvalue weighted by atomic mass is 9.86. The average Bonchev–Trinajstić information content (AvgIpc) is 2.31. The van der Waals surface area contributed by atoms with Gasteiger partial charge in [-0.25, -0.2) is 0 Å². The van der Waals surface area contributed by atoms with E-state index in [4.69, 9.17) is 5.73 Å². The molecule has 0 aliphatic carbocycles. The highest BCUT2D eigenvalue weighted by molar-refractivity contribution is 5.30. The molecule has 2 unspecified atom stereocenters. The van der Waals surface area contributed by atoms with Gasteiger partial charge < -0.3 is 10.6 Å². The lowest BCUT2D eigenvalue weighted by molar-refractivity contribution is -0.137. The fourth-order valence-electron chi connectivity index (χ4n) is 2.43. The molecule has 1 fully saturated rings. The minimum Gasteiger partial charge on any atom is -0.327 e. The highest BCUT2D eigenvalue weighted by Crippen LogP contribution is 2.33. The Balaban J connectivity index is 2.27. The molecule has 2 N–H and O–H groups in total. The van der Waals surface area contributed by atoms with Gasteiger partial charge in [-0.15, -0.1) is 0 Å². The van der Waals surface area contributed by atoms with Gasteiger partial charge in [-0.3, -0.25) is 0 Å². The van der Waals surface area contributed by atoms with E-state index in [0.717, 1.165) is 19.0 Å². The Morgan fingerprint density at radius 1 is 1.33 bits per heavy atom. The zero-order valence-corrected chi connectivity index (χ0v) is 10.2. The van der Waals surface area contributed by atoms with Crippen molar-refractivity contribution in [1.82, 2.24) is 4.90 Å². The predicted molar refractivity (Wildman–Crippen MR) is 64.3 cm³/mol. The second-order valence-electron chi connectivity index (χ2n) is 4.94. The Morgan fingerprint density at radius 3 is 2.72 bits per heavy atom. The van der Waals surface area contributed by atoms with E-state index in [1.54, 1.807) is 6.07 Å². The number of alkyl halides is 3. The molecule has 0 bridgehead atoms. The Kier molecular flexibility index (Phi) is 3.64. The Bertz CT molecular complexity index is 417. The van der Waals surface area contributed by atoms with Crippen molar-refractivity contribution >= 4 is 0 Å². The predicted octanol–water partition coefficient (Wildman–Crippen LogP) is 2.45. The van der Waals surface area contributed by atoms with E-state index >= 15 is 0 Å². The average molecular weight is 258 g/mol. The van der Waals surface area contributed by atoms with Crippen LogP contribution in [0.3, 0.4) is 0 Å². The maximum atomic E-state index is 12.7. The molecule has 5 heteroatoms. The lowest BCUT2D eigenvalue weighted by Crippen LogP contribution is -2.44. The smallest absolute Gasteiger partial charge is 0.327 e. The molecule has 0 radical (unpaired) electrons. The Hall–Kier alpha value is -1.07. The highest BCUT2D eigenvalue weighted by Gasteiger charge is 2.32. The first-order valence-electron chi connectivity index (χ1n) is 5.99. The number of rotatable bonds is 1. The van der Waals surface area contributed by atoms with Crippen molar-refractivity contribution in [2.45, 2.75) is 24.6 Å². The van der Waals surface area contributed by atoms with Crippen LogP contribution in [0.5, 0.6) is 0 Å². The lowest BCUT2D eigenvalue weighted by Gasteiger charge is -2.35. The third-order valence-corrected chi connectivity index (χ3v) is 3.51. The second kappa shape index (κ2) is 4.90. The van der Waals surface area contributed by atoms with Gasteiger partial charge in [-0.1, -0.05) is 18.2 Å². The number of piperidine rings is 1. The van der Waals surface area contributed by atoms with E-state index in [-0.39, 0.29) is 12.0 Å². The zero-order chi connectivity index (χ0) is 13.3. The number of benzene rings is 1. The van der Waals surface area contributed by atoms with Crippen LogP contribution in [0.25, 0.3) is 0 Å². The van der Waals surface area contributed by atoms with E-state index in [1.165, 1.54) is 12.1 Å². The molecule has 100 valence electrons. The summed E-state index contributed by atoms with van der Waals surface area (Å²) < 4.78 is 38.0. The molecule has 2 nitrogen and oxygen atoms in total. The van der Waals surface area contributed by atoms with Gasteiger partial charge in [0.15, 0.2) is 0 Å². The molecular weight excluding hydrogens is 241 g/mol. The van der Waals surface area contributed by atoms with Gasteiger partial charge in [0.05, 0.1) is 5.56 Å². The molecular formula is C13H17F3N2. The van der Waals surface area contributed by atoms with Crippen LogP contribution in [0.1, 0.15) is 23.5 Å². The molecule has 1 saturated heterocycles. The Labute approximate surface area is 105 Å². The van der Waals surface area contributed by atoms with Gasteiger partial charge >= 0.3 is 6.18 Å². The van der Waals surface area contributed by atoms with Gasteiger partial charge in [0, 0.05) is 18.5 Å². The van der Waals surface area contributed by atoms with E-state index in [9.17, 15) is 13.2 Å². The van der Waals surface area contributed by atoms with Crippen molar-refractivity contribution in [1.29, 1.82) is 0 Å². The van der Waals surface area contributed by atoms with Gasteiger partial charge in [-0.05, 0) is 31.6 Å². The fourth-order valence-corrected chi connectivity index (χ4v) is 2.43. The van der Waals surface area contributed by atoms with Crippen molar-refractivity contribution in [2.75, 3.05) is 20.1 Å². The number of hydrogen-bond donors (Lipinski definition) is 1. The number of likely N-dealkylation sites (tertiary alicyclic amines) is 1. The summed E-state index contributed by atoms with van der Waals surface area (Å²) >= 11 is 0. The van der Waals surface area contributed by atoms with E-state index in [1.807, 2.05) is 7.05 Å². The SMILES string of the molecule is CN1CCC(N)C(c2cccc(C(F)(F)F)c2)C1. The third kappa shape index (κ3) is 2.84. The molecule has 0 spiro atoms. The van der Waals surface area contributed by atoms with Gasteiger partial charge in [0.2, 0.25) is 0 Å². The molecule has 1 aromatic carbocycles. The van der Waals surface area contributed by atoms with Gasteiger partial charge in [0.1, 0.15) is 0 Å². The topological polar surface area (TPSA) is 29.3 Å². The molecule has 1 heterocycles. The number of nitrogens with two attached hydrogens (primary N) is 1.